The minimum Gasteiger partial charge on any atom is -0.381 e. The number of hydrogen-bond donors (Lipinski definition) is 2. The zero-order chi connectivity index (χ0) is 11.5. The lowest BCUT2D eigenvalue weighted by Gasteiger charge is -2.05. The number of pyridine rings is 1. The van der Waals surface area contributed by atoms with Crippen LogP contribution >= 0.6 is 0 Å². The average molecular weight is 224 g/mol. The second-order valence-electron chi connectivity index (χ2n) is 3.89. The summed E-state index contributed by atoms with van der Waals surface area (Å²) >= 11 is 0. The van der Waals surface area contributed by atoms with Crippen LogP contribution < -0.4 is 5.32 Å². The highest BCUT2D eigenvalue weighted by molar-refractivity contribution is 5.81. The van der Waals surface area contributed by atoms with E-state index in [1.165, 1.54) is 0 Å². The van der Waals surface area contributed by atoms with Gasteiger partial charge < -0.3 is 5.32 Å². The van der Waals surface area contributed by atoms with Crippen molar-refractivity contribution in [3.8, 4) is 0 Å². The van der Waals surface area contributed by atoms with Crippen LogP contribution in [0, 0.1) is 0 Å². The van der Waals surface area contributed by atoms with Crippen molar-refractivity contribution in [2.24, 2.45) is 0 Å². The molecule has 4 nitrogen and oxygen atoms in total. The summed E-state index contributed by atoms with van der Waals surface area (Å²) in [5.74, 6) is 0. The first-order valence-electron chi connectivity index (χ1n) is 5.48. The third-order valence-corrected chi connectivity index (χ3v) is 2.66. The van der Waals surface area contributed by atoms with E-state index in [-0.39, 0.29) is 0 Å². The molecule has 0 fully saturated rings. The monoisotopic (exact) mass is 224 g/mol. The number of nitrogens with one attached hydrogen (secondary N) is 2. The van der Waals surface area contributed by atoms with Crippen LogP contribution in [0.15, 0.2) is 48.9 Å². The molecule has 84 valence electrons. The highest BCUT2D eigenvalue weighted by atomic mass is 15.1. The Morgan fingerprint density at radius 1 is 1.18 bits per heavy atom. The Hall–Kier alpha value is -2.36. The van der Waals surface area contributed by atoms with Gasteiger partial charge in [0.05, 0.1) is 11.7 Å². The fraction of sp³-hybridized carbons (Fsp3) is 0.0769. The van der Waals surface area contributed by atoms with E-state index in [1.807, 2.05) is 30.6 Å². The lowest BCUT2D eigenvalue weighted by Crippen LogP contribution is -1.99. The van der Waals surface area contributed by atoms with E-state index in [2.05, 4.69) is 32.6 Å². The second-order valence-corrected chi connectivity index (χ2v) is 3.89. The summed E-state index contributed by atoms with van der Waals surface area (Å²) in [6, 6.07) is 10.1. The Kier molecular flexibility index (Phi) is 2.46. The van der Waals surface area contributed by atoms with Crippen LogP contribution in [0.25, 0.3) is 10.9 Å². The second kappa shape index (κ2) is 4.25. The Balaban J connectivity index is 1.76. The van der Waals surface area contributed by atoms with Crippen molar-refractivity contribution in [2.45, 2.75) is 6.54 Å². The van der Waals surface area contributed by atoms with Crippen LogP contribution in [0.2, 0.25) is 0 Å². The fourth-order valence-corrected chi connectivity index (χ4v) is 1.75. The molecule has 0 bridgehead atoms. The topological polar surface area (TPSA) is 53.6 Å². The Bertz CT molecular complexity index is 615. The molecular weight excluding hydrogens is 212 g/mol. The maximum absolute atomic E-state index is 4.08. The van der Waals surface area contributed by atoms with Crippen LogP contribution in [0.4, 0.5) is 5.69 Å². The van der Waals surface area contributed by atoms with Gasteiger partial charge in [-0.1, -0.05) is 6.07 Å². The fourth-order valence-electron chi connectivity index (χ4n) is 1.75. The summed E-state index contributed by atoms with van der Waals surface area (Å²) < 4.78 is 0. The number of benzene rings is 1. The molecule has 0 unspecified atom stereocenters. The first-order chi connectivity index (χ1) is 8.42. The average Bonchev–Trinajstić information content (AvgIpc) is 2.85. The number of aromatic nitrogens is 3. The minimum atomic E-state index is 0.771. The molecule has 0 amide bonds. The molecule has 0 aliphatic rings. The van der Waals surface area contributed by atoms with Crippen molar-refractivity contribution >= 4 is 16.6 Å². The number of fused-ring (bicyclic) bond motifs is 1. The molecule has 0 saturated heterocycles. The van der Waals surface area contributed by atoms with Gasteiger partial charge in [0.25, 0.3) is 0 Å². The van der Waals surface area contributed by atoms with Crippen molar-refractivity contribution in [3.63, 3.8) is 0 Å². The third kappa shape index (κ3) is 2.10. The molecule has 0 aliphatic carbocycles. The first-order valence-corrected chi connectivity index (χ1v) is 5.48. The van der Waals surface area contributed by atoms with Gasteiger partial charge in [-0.2, -0.15) is 5.10 Å². The van der Waals surface area contributed by atoms with Crippen LogP contribution in [-0.4, -0.2) is 15.2 Å². The van der Waals surface area contributed by atoms with Gasteiger partial charge in [-0.05, 0) is 29.8 Å². The zero-order valence-corrected chi connectivity index (χ0v) is 9.22. The van der Waals surface area contributed by atoms with Gasteiger partial charge in [-0.3, -0.25) is 10.1 Å². The molecule has 0 atom stereocenters. The van der Waals surface area contributed by atoms with Gasteiger partial charge in [-0.25, -0.2) is 0 Å². The molecule has 17 heavy (non-hydrogen) atoms. The maximum atomic E-state index is 4.08. The van der Waals surface area contributed by atoms with Crippen LogP contribution in [0.5, 0.6) is 0 Å². The molecule has 0 radical (unpaired) electrons. The van der Waals surface area contributed by atoms with Crippen molar-refractivity contribution in [1.29, 1.82) is 0 Å². The summed E-state index contributed by atoms with van der Waals surface area (Å²) in [5, 5.41) is 11.4. The smallest absolute Gasteiger partial charge is 0.0670 e. The van der Waals surface area contributed by atoms with Crippen molar-refractivity contribution in [3.05, 3.63) is 54.5 Å². The molecule has 0 spiro atoms. The van der Waals surface area contributed by atoms with E-state index >= 15 is 0 Å². The molecule has 4 heteroatoms. The lowest BCUT2D eigenvalue weighted by atomic mass is 10.2. The SMILES string of the molecule is c1cncc(CNc2ccc3cn[nH]c3c2)c1. The van der Waals surface area contributed by atoms with Gasteiger partial charge in [0.1, 0.15) is 0 Å². The third-order valence-electron chi connectivity index (χ3n) is 2.66. The highest BCUT2D eigenvalue weighted by Crippen LogP contribution is 2.17. The molecule has 2 N–H and O–H groups in total. The van der Waals surface area contributed by atoms with Crippen LogP contribution in [-0.2, 0) is 6.54 Å². The van der Waals surface area contributed by atoms with E-state index in [4.69, 9.17) is 0 Å². The summed E-state index contributed by atoms with van der Waals surface area (Å²) in [6.07, 6.45) is 5.46. The first kappa shape index (κ1) is 9.84. The minimum absolute atomic E-state index is 0.771. The molecule has 0 aliphatic heterocycles. The number of anilines is 1. The number of hydrogen-bond acceptors (Lipinski definition) is 3. The Morgan fingerprint density at radius 2 is 2.18 bits per heavy atom. The van der Waals surface area contributed by atoms with Gasteiger partial charge >= 0.3 is 0 Å². The van der Waals surface area contributed by atoms with Crippen LogP contribution in [0.3, 0.4) is 0 Å². The standard InChI is InChI=1S/C13H12N4/c1-2-10(7-14-5-1)8-15-12-4-3-11-9-16-17-13(11)6-12/h1-7,9,15H,8H2,(H,16,17). The Labute approximate surface area is 98.7 Å². The van der Waals surface area contributed by atoms with Crippen LogP contribution in [0.1, 0.15) is 5.56 Å². The van der Waals surface area contributed by atoms with Gasteiger partial charge in [0, 0.05) is 30.0 Å². The quantitative estimate of drug-likeness (QED) is 0.719. The van der Waals surface area contributed by atoms with Gasteiger partial charge in [0.2, 0.25) is 0 Å². The highest BCUT2D eigenvalue weighted by Gasteiger charge is 1.98. The van der Waals surface area contributed by atoms with E-state index in [0.717, 1.165) is 28.7 Å². The molecule has 2 heterocycles. The summed E-state index contributed by atoms with van der Waals surface area (Å²) in [6.45, 7) is 0.771. The molecular formula is C13H12N4. The normalized spacial score (nSPS) is 10.6. The van der Waals surface area contributed by atoms with Crippen molar-refractivity contribution in [2.75, 3.05) is 5.32 Å². The summed E-state index contributed by atoms with van der Waals surface area (Å²) in [4.78, 5) is 4.08. The largest absolute Gasteiger partial charge is 0.381 e. The van der Waals surface area contributed by atoms with E-state index < -0.39 is 0 Å². The summed E-state index contributed by atoms with van der Waals surface area (Å²) in [5.41, 5.74) is 3.28. The predicted octanol–water partition coefficient (Wildman–Crippen LogP) is 2.57. The van der Waals surface area contributed by atoms with E-state index in [9.17, 15) is 0 Å². The van der Waals surface area contributed by atoms with E-state index in [1.54, 1.807) is 6.20 Å². The van der Waals surface area contributed by atoms with Gasteiger partial charge in [-0.15, -0.1) is 0 Å². The molecule has 3 aromatic rings. The predicted molar refractivity (Wildman–Crippen MR) is 67.7 cm³/mol. The number of rotatable bonds is 3. The zero-order valence-electron chi connectivity index (χ0n) is 9.22. The number of H-pyrrole nitrogens is 1. The molecule has 3 rings (SSSR count). The van der Waals surface area contributed by atoms with Gasteiger partial charge in [0.15, 0.2) is 0 Å². The molecule has 2 aromatic heterocycles. The maximum Gasteiger partial charge on any atom is 0.0670 e. The van der Waals surface area contributed by atoms with E-state index in [0.29, 0.717) is 0 Å². The molecule has 1 aromatic carbocycles. The summed E-state index contributed by atoms with van der Waals surface area (Å²) in [7, 11) is 0. The lowest BCUT2D eigenvalue weighted by molar-refractivity contribution is 1.11. The Morgan fingerprint density at radius 3 is 3.06 bits per heavy atom. The van der Waals surface area contributed by atoms with Crippen molar-refractivity contribution < 1.29 is 0 Å². The molecule has 0 saturated carbocycles. The number of aromatic amines is 1. The number of nitrogens with zero attached hydrogens (tertiary/aromatic N) is 2. The van der Waals surface area contributed by atoms with Crippen molar-refractivity contribution in [1.82, 2.24) is 15.2 Å².